The lowest BCUT2D eigenvalue weighted by atomic mass is 10.0. The molecule has 0 bridgehead atoms. The number of nitrogens with zero attached hydrogens (tertiary/aromatic N) is 1. The van der Waals surface area contributed by atoms with Gasteiger partial charge in [0.15, 0.2) is 0 Å². The summed E-state index contributed by atoms with van der Waals surface area (Å²) in [6.07, 6.45) is 2.44. The summed E-state index contributed by atoms with van der Waals surface area (Å²) in [6, 6.07) is 8.19. The van der Waals surface area contributed by atoms with Gasteiger partial charge in [-0.3, -0.25) is 9.69 Å². The molecule has 23 heavy (non-hydrogen) atoms. The van der Waals surface area contributed by atoms with E-state index in [0.717, 1.165) is 18.8 Å². The number of likely N-dealkylation sites (tertiary alicyclic amines) is 1. The molecule has 3 unspecified atom stereocenters. The zero-order chi connectivity index (χ0) is 16.8. The van der Waals surface area contributed by atoms with Crippen molar-refractivity contribution in [2.24, 2.45) is 11.7 Å². The first-order chi connectivity index (χ1) is 11.0. The van der Waals surface area contributed by atoms with Crippen LogP contribution in [0.4, 0.5) is 0 Å². The molecule has 2 rings (SSSR count). The van der Waals surface area contributed by atoms with Crippen LogP contribution in [0.15, 0.2) is 24.3 Å². The van der Waals surface area contributed by atoms with Crippen molar-refractivity contribution >= 4 is 5.91 Å². The van der Waals surface area contributed by atoms with Crippen LogP contribution in [0, 0.1) is 5.92 Å². The Kier molecular flexibility index (Phi) is 6.42. The minimum atomic E-state index is -0.176. The monoisotopic (exact) mass is 319 g/mol. The number of hydrogen-bond acceptors (Lipinski definition) is 4. The van der Waals surface area contributed by atoms with Crippen LogP contribution in [0.2, 0.25) is 0 Å². The summed E-state index contributed by atoms with van der Waals surface area (Å²) < 4.78 is 5.23. The molecule has 0 radical (unpaired) electrons. The number of benzene rings is 1. The molecule has 1 amide bonds. The molecule has 1 aliphatic rings. The highest BCUT2D eigenvalue weighted by Gasteiger charge is 2.25. The maximum absolute atomic E-state index is 12.2. The van der Waals surface area contributed by atoms with Crippen LogP contribution in [0.5, 0.6) is 5.75 Å². The first-order valence-corrected chi connectivity index (χ1v) is 8.44. The highest BCUT2D eigenvalue weighted by Crippen LogP contribution is 2.26. The average molecular weight is 319 g/mol. The van der Waals surface area contributed by atoms with E-state index in [9.17, 15) is 4.79 Å². The van der Waals surface area contributed by atoms with Gasteiger partial charge in [0.25, 0.3) is 0 Å². The Morgan fingerprint density at radius 2 is 1.87 bits per heavy atom. The van der Waals surface area contributed by atoms with E-state index < -0.39 is 0 Å². The number of nitrogens with one attached hydrogen (secondary N) is 1. The smallest absolute Gasteiger partial charge is 0.224 e. The number of ether oxygens (including phenoxy) is 1. The van der Waals surface area contributed by atoms with Crippen LogP contribution in [0.1, 0.15) is 38.3 Å². The van der Waals surface area contributed by atoms with Crippen LogP contribution in [0.25, 0.3) is 0 Å². The molecule has 1 aromatic carbocycles. The largest absolute Gasteiger partial charge is 0.497 e. The molecule has 1 fully saturated rings. The molecule has 0 spiro atoms. The minimum absolute atomic E-state index is 0.0257. The van der Waals surface area contributed by atoms with E-state index in [1.165, 1.54) is 18.4 Å². The normalized spacial score (nSPS) is 19.1. The molecule has 5 nitrogen and oxygen atoms in total. The summed E-state index contributed by atoms with van der Waals surface area (Å²) in [5.41, 5.74) is 7.03. The van der Waals surface area contributed by atoms with Crippen molar-refractivity contribution < 1.29 is 9.53 Å². The Morgan fingerprint density at radius 1 is 1.26 bits per heavy atom. The summed E-state index contributed by atoms with van der Waals surface area (Å²) in [6.45, 7) is 6.51. The summed E-state index contributed by atoms with van der Waals surface area (Å²) in [4.78, 5) is 14.6. The molecule has 1 heterocycles. The number of rotatable bonds is 7. The fourth-order valence-corrected chi connectivity index (χ4v) is 2.93. The molecule has 3 atom stereocenters. The van der Waals surface area contributed by atoms with Gasteiger partial charge in [0.05, 0.1) is 13.2 Å². The van der Waals surface area contributed by atoms with Crippen molar-refractivity contribution in [3.05, 3.63) is 29.8 Å². The SMILES string of the molecule is COc1ccc(C(CNC(=O)C(C)C(C)N)N2CCCC2)cc1. The van der Waals surface area contributed by atoms with E-state index in [2.05, 4.69) is 22.3 Å². The molecule has 128 valence electrons. The van der Waals surface area contributed by atoms with Gasteiger partial charge in [-0.15, -0.1) is 0 Å². The maximum Gasteiger partial charge on any atom is 0.224 e. The first kappa shape index (κ1) is 17.8. The lowest BCUT2D eigenvalue weighted by Crippen LogP contribution is -2.42. The molecular weight excluding hydrogens is 290 g/mol. The van der Waals surface area contributed by atoms with Crippen molar-refractivity contribution in [3.8, 4) is 5.75 Å². The molecule has 0 aliphatic carbocycles. The second-order valence-electron chi connectivity index (χ2n) is 6.42. The Hall–Kier alpha value is -1.59. The average Bonchev–Trinajstić information content (AvgIpc) is 3.08. The van der Waals surface area contributed by atoms with Gasteiger partial charge in [-0.1, -0.05) is 19.1 Å². The molecule has 5 heteroatoms. The lowest BCUT2D eigenvalue weighted by molar-refractivity contribution is -0.125. The fraction of sp³-hybridized carbons (Fsp3) is 0.611. The third-order valence-electron chi connectivity index (χ3n) is 4.75. The fourth-order valence-electron chi connectivity index (χ4n) is 2.93. The van der Waals surface area contributed by atoms with Crippen LogP contribution in [-0.4, -0.2) is 43.6 Å². The predicted molar refractivity (Wildman–Crippen MR) is 92.4 cm³/mol. The van der Waals surface area contributed by atoms with Crippen LogP contribution in [-0.2, 0) is 4.79 Å². The predicted octanol–water partition coefficient (Wildman–Crippen LogP) is 1.93. The number of amides is 1. The maximum atomic E-state index is 12.2. The molecule has 1 saturated heterocycles. The number of nitrogens with two attached hydrogens (primary N) is 1. The molecule has 1 aromatic rings. The molecule has 0 saturated carbocycles. The van der Waals surface area contributed by atoms with Crippen molar-refractivity contribution in [2.45, 2.75) is 38.8 Å². The molecule has 0 aromatic heterocycles. The van der Waals surface area contributed by atoms with Crippen LogP contribution in [0.3, 0.4) is 0 Å². The van der Waals surface area contributed by atoms with E-state index in [4.69, 9.17) is 10.5 Å². The second-order valence-corrected chi connectivity index (χ2v) is 6.42. The Balaban J connectivity index is 2.06. The summed E-state index contributed by atoms with van der Waals surface area (Å²) in [5, 5.41) is 3.08. The lowest BCUT2D eigenvalue weighted by Gasteiger charge is -2.29. The van der Waals surface area contributed by atoms with Gasteiger partial charge >= 0.3 is 0 Å². The van der Waals surface area contributed by atoms with Crippen molar-refractivity contribution in [2.75, 3.05) is 26.7 Å². The minimum Gasteiger partial charge on any atom is -0.497 e. The van der Waals surface area contributed by atoms with E-state index in [0.29, 0.717) is 6.54 Å². The van der Waals surface area contributed by atoms with E-state index in [1.54, 1.807) is 7.11 Å². The van der Waals surface area contributed by atoms with Crippen LogP contribution < -0.4 is 15.8 Å². The number of carbonyl (C=O) groups excluding carboxylic acids is 1. The highest BCUT2D eigenvalue weighted by atomic mass is 16.5. The molecule has 3 N–H and O–H groups in total. The van der Waals surface area contributed by atoms with Gasteiger partial charge in [-0.05, 0) is 50.6 Å². The van der Waals surface area contributed by atoms with Crippen molar-refractivity contribution in [1.29, 1.82) is 0 Å². The van der Waals surface area contributed by atoms with E-state index >= 15 is 0 Å². The zero-order valence-electron chi connectivity index (χ0n) is 14.4. The summed E-state index contributed by atoms with van der Waals surface area (Å²) >= 11 is 0. The quantitative estimate of drug-likeness (QED) is 0.806. The Bertz CT molecular complexity index is 495. The number of methoxy groups -OCH3 is 1. The molecule has 1 aliphatic heterocycles. The third kappa shape index (κ3) is 4.69. The van der Waals surface area contributed by atoms with E-state index in [-0.39, 0.29) is 23.9 Å². The number of carbonyl (C=O) groups is 1. The van der Waals surface area contributed by atoms with Gasteiger partial charge in [-0.25, -0.2) is 0 Å². The standard InChI is InChI=1S/C18H29N3O2/c1-13(14(2)19)18(22)20-12-17(21-10-4-5-11-21)15-6-8-16(23-3)9-7-15/h6-9,13-14,17H,4-5,10-12,19H2,1-3H3,(H,20,22). The van der Waals surface area contributed by atoms with E-state index in [1.807, 2.05) is 26.0 Å². The summed E-state index contributed by atoms with van der Waals surface area (Å²) in [5.74, 6) is 0.700. The highest BCUT2D eigenvalue weighted by molar-refractivity contribution is 5.78. The van der Waals surface area contributed by atoms with Gasteiger partial charge in [0.1, 0.15) is 5.75 Å². The summed E-state index contributed by atoms with van der Waals surface area (Å²) in [7, 11) is 1.67. The van der Waals surface area contributed by atoms with Crippen molar-refractivity contribution in [3.63, 3.8) is 0 Å². The Morgan fingerprint density at radius 3 is 2.39 bits per heavy atom. The van der Waals surface area contributed by atoms with Gasteiger partial charge in [0, 0.05) is 18.5 Å². The van der Waals surface area contributed by atoms with Crippen molar-refractivity contribution in [1.82, 2.24) is 10.2 Å². The van der Waals surface area contributed by atoms with Gasteiger partial charge < -0.3 is 15.8 Å². The molecular formula is C18H29N3O2. The Labute approximate surface area is 139 Å². The van der Waals surface area contributed by atoms with Gasteiger partial charge in [0.2, 0.25) is 5.91 Å². The van der Waals surface area contributed by atoms with Gasteiger partial charge in [-0.2, -0.15) is 0 Å². The first-order valence-electron chi connectivity index (χ1n) is 8.44. The zero-order valence-corrected chi connectivity index (χ0v) is 14.4. The van der Waals surface area contributed by atoms with Crippen LogP contribution >= 0.6 is 0 Å². The topological polar surface area (TPSA) is 67.6 Å². The number of hydrogen-bond donors (Lipinski definition) is 2. The third-order valence-corrected chi connectivity index (χ3v) is 4.75. The second kappa shape index (κ2) is 8.31.